The Hall–Kier alpha value is -4.09. The molecule has 1 saturated heterocycles. The predicted octanol–water partition coefficient (Wildman–Crippen LogP) is 3.70. The minimum absolute atomic E-state index is 0.0729. The molecule has 1 fully saturated rings. The van der Waals surface area contributed by atoms with E-state index in [4.69, 9.17) is 10.1 Å². The van der Waals surface area contributed by atoms with Crippen molar-refractivity contribution in [3.63, 3.8) is 0 Å². The van der Waals surface area contributed by atoms with E-state index in [1.807, 2.05) is 35.0 Å². The number of benzene rings is 2. The topological polar surface area (TPSA) is 103 Å². The van der Waals surface area contributed by atoms with Gasteiger partial charge in [0.2, 0.25) is 11.1 Å². The lowest BCUT2D eigenvalue weighted by atomic mass is 10.1. The van der Waals surface area contributed by atoms with E-state index in [0.29, 0.717) is 49.0 Å². The smallest absolute Gasteiger partial charge is 0.283 e. The second-order valence-electron chi connectivity index (χ2n) is 9.00. The number of ether oxygens (including phenoxy) is 1. The summed E-state index contributed by atoms with van der Waals surface area (Å²) in [5.74, 6) is -1.01. The first-order valence-electron chi connectivity index (χ1n) is 12.1. The number of para-hydroxylation sites is 1. The van der Waals surface area contributed by atoms with E-state index < -0.39 is 5.91 Å². The van der Waals surface area contributed by atoms with Gasteiger partial charge >= 0.3 is 0 Å². The van der Waals surface area contributed by atoms with Crippen molar-refractivity contribution in [3.8, 4) is 0 Å². The molecule has 38 heavy (non-hydrogen) atoms. The van der Waals surface area contributed by atoms with Crippen molar-refractivity contribution in [2.75, 3.05) is 26.3 Å². The van der Waals surface area contributed by atoms with Gasteiger partial charge in [0.05, 0.1) is 31.8 Å². The van der Waals surface area contributed by atoms with Crippen LogP contribution >= 0.6 is 11.8 Å². The third kappa shape index (κ3) is 4.54. The molecule has 1 N–H and O–H groups in total. The summed E-state index contributed by atoms with van der Waals surface area (Å²) in [5, 5.41) is 16.1. The third-order valence-electron chi connectivity index (χ3n) is 6.58. The maximum atomic E-state index is 14.3. The van der Waals surface area contributed by atoms with Crippen molar-refractivity contribution in [3.05, 3.63) is 77.2 Å². The Bertz CT molecular complexity index is 1570. The van der Waals surface area contributed by atoms with Crippen LogP contribution in [0.3, 0.4) is 0 Å². The number of nitrogens with one attached hydrogen (secondary N) is 1. The molecule has 3 aliphatic rings. The lowest BCUT2D eigenvalue weighted by Crippen LogP contribution is -2.41. The molecule has 3 aromatic rings. The van der Waals surface area contributed by atoms with Gasteiger partial charge in [-0.1, -0.05) is 36.4 Å². The zero-order valence-corrected chi connectivity index (χ0v) is 21.1. The number of halogens is 1. The van der Waals surface area contributed by atoms with Gasteiger partial charge in [0.25, 0.3) is 5.91 Å². The first-order chi connectivity index (χ1) is 18.5. The number of aliphatic imine (C=N–C) groups is 1. The average molecular weight is 531 g/mol. The normalized spacial score (nSPS) is 18.7. The van der Waals surface area contributed by atoms with Gasteiger partial charge in [-0.15, -0.1) is 0 Å². The molecule has 0 spiro atoms. The molecule has 6 rings (SSSR count). The molecule has 192 valence electrons. The van der Waals surface area contributed by atoms with E-state index in [2.05, 4.69) is 10.1 Å². The highest BCUT2D eigenvalue weighted by Crippen LogP contribution is 2.31. The number of carbonyl (C=O) groups is 2. The van der Waals surface area contributed by atoms with Crippen LogP contribution in [0.25, 0.3) is 17.0 Å². The predicted molar refractivity (Wildman–Crippen MR) is 144 cm³/mol. The summed E-state index contributed by atoms with van der Waals surface area (Å²) in [5.41, 5.74) is 2.22. The highest BCUT2D eigenvalue weighted by atomic mass is 32.2. The van der Waals surface area contributed by atoms with Crippen LogP contribution in [-0.2, 0) is 20.9 Å². The van der Waals surface area contributed by atoms with Gasteiger partial charge in [-0.2, -0.15) is 15.1 Å². The SMILES string of the molecule is N=C1/C(=C\c2cn(Cc3ccccc3F)c3ccccc23)C(=O)N=C2SC(CC(=O)N3CCOCC3)=NN12. The van der Waals surface area contributed by atoms with Gasteiger partial charge in [-0.05, 0) is 30.0 Å². The fourth-order valence-corrected chi connectivity index (χ4v) is 5.52. The van der Waals surface area contributed by atoms with Gasteiger partial charge in [0.1, 0.15) is 10.9 Å². The number of nitrogens with zero attached hydrogens (tertiary/aromatic N) is 5. The molecule has 0 unspecified atom stereocenters. The van der Waals surface area contributed by atoms with Crippen LogP contribution < -0.4 is 0 Å². The first-order valence-corrected chi connectivity index (χ1v) is 13.0. The molecule has 9 nitrogen and oxygen atoms in total. The van der Waals surface area contributed by atoms with Crippen LogP contribution in [-0.4, -0.2) is 68.6 Å². The maximum Gasteiger partial charge on any atom is 0.283 e. The van der Waals surface area contributed by atoms with Gasteiger partial charge in [-0.3, -0.25) is 15.0 Å². The minimum atomic E-state index is -0.546. The van der Waals surface area contributed by atoms with Crippen molar-refractivity contribution in [1.29, 1.82) is 5.41 Å². The largest absolute Gasteiger partial charge is 0.378 e. The number of hydrogen-bond acceptors (Lipinski definition) is 6. The Balaban J connectivity index is 1.28. The van der Waals surface area contributed by atoms with Crippen molar-refractivity contribution in [2.45, 2.75) is 13.0 Å². The Morgan fingerprint density at radius 3 is 2.71 bits per heavy atom. The molecule has 11 heteroatoms. The van der Waals surface area contributed by atoms with E-state index in [0.717, 1.165) is 22.7 Å². The van der Waals surface area contributed by atoms with E-state index in [1.54, 1.807) is 29.2 Å². The molecule has 3 aliphatic heterocycles. The molecular weight excluding hydrogens is 507 g/mol. The summed E-state index contributed by atoms with van der Waals surface area (Å²) in [6.07, 6.45) is 3.55. The zero-order valence-electron chi connectivity index (χ0n) is 20.3. The number of morpholine rings is 1. The van der Waals surface area contributed by atoms with Gasteiger partial charge < -0.3 is 14.2 Å². The van der Waals surface area contributed by atoms with Crippen LogP contribution in [0.1, 0.15) is 17.5 Å². The summed E-state index contributed by atoms with van der Waals surface area (Å²) in [4.78, 5) is 31.5. The molecule has 0 saturated carbocycles. The van der Waals surface area contributed by atoms with Gasteiger partial charge in [0.15, 0.2) is 5.84 Å². The van der Waals surface area contributed by atoms with Crippen molar-refractivity contribution in [2.24, 2.45) is 10.1 Å². The number of amidine groups is 2. The molecule has 0 radical (unpaired) electrons. The Morgan fingerprint density at radius 1 is 1.13 bits per heavy atom. The summed E-state index contributed by atoms with van der Waals surface area (Å²) in [6.45, 7) is 2.40. The number of fused-ring (bicyclic) bond motifs is 2. The number of amides is 2. The number of thioether (sulfide) groups is 1. The van der Waals surface area contributed by atoms with Crippen LogP contribution in [0.4, 0.5) is 4.39 Å². The summed E-state index contributed by atoms with van der Waals surface area (Å²) >= 11 is 1.13. The zero-order chi connectivity index (χ0) is 26.2. The van der Waals surface area contributed by atoms with Crippen LogP contribution in [0.5, 0.6) is 0 Å². The van der Waals surface area contributed by atoms with E-state index in [1.165, 1.54) is 11.1 Å². The number of rotatable bonds is 5. The number of carbonyl (C=O) groups excluding carboxylic acids is 2. The molecule has 2 amide bonds. The summed E-state index contributed by atoms with van der Waals surface area (Å²) in [6, 6.07) is 14.3. The van der Waals surface area contributed by atoms with E-state index in [9.17, 15) is 14.0 Å². The summed E-state index contributed by atoms with van der Waals surface area (Å²) in [7, 11) is 0. The molecule has 2 aromatic carbocycles. The molecule has 0 aliphatic carbocycles. The van der Waals surface area contributed by atoms with Crippen LogP contribution in [0.2, 0.25) is 0 Å². The van der Waals surface area contributed by atoms with Crippen molar-refractivity contribution in [1.82, 2.24) is 14.5 Å². The average Bonchev–Trinajstić information content (AvgIpc) is 3.49. The standard InChI is InChI=1S/C27H23FN6O3S/c28-21-7-3-1-5-17(21)15-33-16-18(19-6-2-4-8-22(19)33)13-20-25(29)34-27(30-26(20)36)38-23(31-34)14-24(35)32-9-11-37-12-10-32/h1-8,13,16,29H,9-12,14-15H2/b20-13+,29-25?. The Kier molecular flexibility index (Phi) is 6.38. The molecule has 0 atom stereocenters. The minimum Gasteiger partial charge on any atom is -0.378 e. The Labute approximate surface area is 221 Å². The van der Waals surface area contributed by atoms with Crippen molar-refractivity contribution >= 4 is 56.6 Å². The quantitative estimate of drug-likeness (QED) is 0.507. The number of hydrazone groups is 1. The molecule has 4 heterocycles. The number of aromatic nitrogens is 1. The second kappa shape index (κ2) is 9.99. The fraction of sp³-hybridized carbons (Fsp3) is 0.222. The monoisotopic (exact) mass is 530 g/mol. The second-order valence-corrected chi connectivity index (χ2v) is 10.0. The van der Waals surface area contributed by atoms with E-state index in [-0.39, 0.29) is 34.7 Å². The van der Waals surface area contributed by atoms with Crippen molar-refractivity contribution < 1.29 is 18.7 Å². The summed E-state index contributed by atoms with van der Waals surface area (Å²) < 4.78 is 21.6. The molecule has 1 aromatic heterocycles. The lowest BCUT2D eigenvalue weighted by molar-refractivity contribution is -0.133. The first kappa shape index (κ1) is 24.3. The Morgan fingerprint density at radius 2 is 1.89 bits per heavy atom. The van der Waals surface area contributed by atoms with E-state index >= 15 is 0 Å². The van der Waals surface area contributed by atoms with Crippen LogP contribution in [0, 0.1) is 11.2 Å². The third-order valence-corrected chi connectivity index (χ3v) is 7.49. The fourth-order valence-electron chi connectivity index (χ4n) is 4.64. The van der Waals surface area contributed by atoms with Gasteiger partial charge in [-0.25, -0.2) is 4.39 Å². The molecule has 0 bridgehead atoms. The number of hydrogen-bond donors (Lipinski definition) is 1. The molecular formula is C27H23FN6O3S. The lowest BCUT2D eigenvalue weighted by Gasteiger charge is -2.26. The van der Waals surface area contributed by atoms with Gasteiger partial charge in [0, 0.05) is 41.3 Å². The van der Waals surface area contributed by atoms with Crippen LogP contribution in [0.15, 0.2) is 70.4 Å². The maximum absolute atomic E-state index is 14.3. The highest BCUT2D eigenvalue weighted by molar-refractivity contribution is 8.27. The highest BCUT2D eigenvalue weighted by Gasteiger charge is 2.36.